The lowest BCUT2D eigenvalue weighted by atomic mass is 9.67. The summed E-state index contributed by atoms with van der Waals surface area (Å²) < 4.78 is 2.57. The highest BCUT2D eigenvalue weighted by molar-refractivity contribution is 7.26. The maximum absolute atomic E-state index is 2.46. The smallest absolute Gasteiger partial charge is 0.0727 e. The zero-order valence-corrected chi connectivity index (χ0v) is 32.0. The summed E-state index contributed by atoms with van der Waals surface area (Å²) in [6.07, 6.45) is 0. The minimum atomic E-state index is -0.483. The summed E-state index contributed by atoms with van der Waals surface area (Å²) in [5.41, 5.74) is 15.5. The Bertz CT molecular complexity index is 2950. The van der Waals surface area contributed by atoms with Crippen molar-refractivity contribution in [3.05, 3.63) is 247 Å². The van der Waals surface area contributed by atoms with Crippen LogP contribution in [-0.4, -0.2) is 0 Å². The number of nitrogens with zero attached hydrogens (tertiary/aromatic N) is 1. The molecule has 1 heterocycles. The van der Waals surface area contributed by atoms with E-state index >= 15 is 0 Å². The normalized spacial score (nSPS) is 12.7. The van der Waals surface area contributed by atoms with Crippen molar-refractivity contribution >= 4 is 48.6 Å². The van der Waals surface area contributed by atoms with E-state index in [2.05, 4.69) is 229 Å². The summed E-state index contributed by atoms with van der Waals surface area (Å²) in [6, 6.07) is 82.4. The zero-order valence-electron chi connectivity index (χ0n) is 31.2. The molecule has 0 atom stereocenters. The number of fused-ring (bicyclic) bond motifs is 6. The second-order valence-electron chi connectivity index (χ2n) is 14.8. The fourth-order valence-corrected chi connectivity index (χ4v) is 10.7. The number of para-hydroxylation sites is 1. The number of anilines is 3. The van der Waals surface area contributed by atoms with Crippen LogP contribution in [0.5, 0.6) is 0 Å². The molecule has 1 aliphatic rings. The number of hydrogen-bond donors (Lipinski definition) is 0. The first-order chi connectivity index (χ1) is 28.3. The quantitative estimate of drug-likeness (QED) is 0.157. The monoisotopic (exact) mass is 743 g/mol. The van der Waals surface area contributed by atoms with Gasteiger partial charge in [-0.15, -0.1) is 11.3 Å². The Morgan fingerprint density at radius 2 is 0.807 bits per heavy atom. The maximum Gasteiger partial charge on any atom is 0.0727 e. The zero-order chi connectivity index (χ0) is 37.8. The van der Waals surface area contributed by atoms with Crippen LogP contribution < -0.4 is 4.90 Å². The first-order valence-corrected chi connectivity index (χ1v) is 20.4. The number of thiophene rings is 1. The number of benzene rings is 9. The lowest BCUT2D eigenvalue weighted by Crippen LogP contribution is -2.28. The Morgan fingerprint density at radius 3 is 1.40 bits per heavy atom. The van der Waals surface area contributed by atoms with Crippen LogP contribution >= 0.6 is 11.3 Å². The molecule has 268 valence electrons. The second kappa shape index (κ2) is 13.6. The summed E-state index contributed by atoms with van der Waals surface area (Å²) in [5.74, 6) is 0. The molecule has 1 nitrogen and oxygen atoms in total. The van der Waals surface area contributed by atoms with Crippen molar-refractivity contribution in [2.75, 3.05) is 4.90 Å². The molecule has 0 bridgehead atoms. The van der Waals surface area contributed by atoms with E-state index in [0.29, 0.717) is 0 Å². The lowest BCUT2D eigenvalue weighted by molar-refractivity contribution is 0.778. The van der Waals surface area contributed by atoms with Crippen LogP contribution in [0.2, 0.25) is 0 Å². The van der Waals surface area contributed by atoms with Gasteiger partial charge >= 0.3 is 0 Å². The van der Waals surface area contributed by atoms with E-state index in [1.165, 1.54) is 75.8 Å². The molecule has 1 aliphatic carbocycles. The van der Waals surface area contributed by atoms with E-state index in [1.807, 2.05) is 11.3 Å². The Hall–Kier alpha value is -7.00. The minimum absolute atomic E-state index is 0.483. The molecule has 0 aliphatic heterocycles. The van der Waals surface area contributed by atoms with Gasteiger partial charge in [-0.1, -0.05) is 188 Å². The summed E-state index contributed by atoms with van der Waals surface area (Å²) in [4.78, 5) is 2.46. The van der Waals surface area contributed by atoms with Gasteiger partial charge in [0.25, 0.3) is 0 Å². The van der Waals surface area contributed by atoms with Crippen molar-refractivity contribution in [1.29, 1.82) is 0 Å². The molecule has 0 unspecified atom stereocenters. The van der Waals surface area contributed by atoms with Gasteiger partial charge in [0.05, 0.1) is 15.8 Å². The third-order valence-electron chi connectivity index (χ3n) is 11.7. The van der Waals surface area contributed by atoms with E-state index in [0.717, 1.165) is 17.1 Å². The predicted octanol–water partition coefficient (Wildman–Crippen LogP) is 15.2. The molecule has 2 heteroatoms. The van der Waals surface area contributed by atoms with Gasteiger partial charge in [0.2, 0.25) is 0 Å². The largest absolute Gasteiger partial charge is 0.309 e. The van der Waals surface area contributed by atoms with E-state index < -0.39 is 5.41 Å². The molecule has 0 N–H and O–H groups in total. The molecular formula is C55H37NS. The van der Waals surface area contributed by atoms with Crippen molar-refractivity contribution in [3.63, 3.8) is 0 Å². The average Bonchev–Trinajstić information content (AvgIpc) is 3.83. The van der Waals surface area contributed by atoms with E-state index in [-0.39, 0.29) is 0 Å². The van der Waals surface area contributed by atoms with Crippen LogP contribution in [0.4, 0.5) is 17.1 Å². The first kappa shape index (κ1) is 33.3. The van der Waals surface area contributed by atoms with Gasteiger partial charge in [0.1, 0.15) is 0 Å². The van der Waals surface area contributed by atoms with Gasteiger partial charge in [-0.05, 0) is 92.0 Å². The Balaban J connectivity index is 1.20. The summed E-state index contributed by atoms with van der Waals surface area (Å²) in [5, 5.41) is 2.54. The molecule has 0 fully saturated rings. The first-order valence-electron chi connectivity index (χ1n) is 19.6. The predicted molar refractivity (Wildman–Crippen MR) is 242 cm³/mol. The summed E-state index contributed by atoms with van der Waals surface area (Å²) in [6.45, 7) is 0. The number of rotatable bonds is 7. The molecule has 0 radical (unpaired) electrons. The van der Waals surface area contributed by atoms with Crippen LogP contribution in [-0.2, 0) is 5.41 Å². The van der Waals surface area contributed by atoms with Crippen LogP contribution in [0.15, 0.2) is 224 Å². The molecule has 57 heavy (non-hydrogen) atoms. The van der Waals surface area contributed by atoms with Gasteiger partial charge in [0.15, 0.2) is 0 Å². The fraction of sp³-hybridized carbons (Fsp3) is 0.0182. The third-order valence-corrected chi connectivity index (χ3v) is 13.0. The van der Waals surface area contributed by atoms with Crippen molar-refractivity contribution in [3.8, 4) is 33.4 Å². The van der Waals surface area contributed by atoms with Crippen molar-refractivity contribution in [2.45, 2.75) is 5.41 Å². The molecule has 1 aromatic heterocycles. The topological polar surface area (TPSA) is 3.24 Å². The Labute approximate surface area is 337 Å². The average molecular weight is 744 g/mol. The number of hydrogen-bond acceptors (Lipinski definition) is 2. The van der Waals surface area contributed by atoms with E-state index in [1.54, 1.807) is 0 Å². The van der Waals surface area contributed by atoms with Crippen LogP contribution in [0.3, 0.4) is 0 Å². The van der Waals surface area contributed by atoms with Crippen LogP contribution in [0.25, 0.3) is 53.6 Å². The Kier molecular flexibility index (Phi) is 7.98. The van der Waals surface area contributed by atoms with Crippen LogP contribution in [0, 0.1) is 0 Å². The third kappa shape index (κ3) is 5.29. The Morgan fingerprint density at radius 1 is 0.333 bits per heavy atom. The molecule has 0 saturated heterocycles. The highest BCUT2D eigenvalue weighted by Crippen LogP contribution is 2.58. The van der Waals surface area contributed by atoms with Gasteiger partial charge in [-0.25, -0.2) is 0 Å². The van der Waals surface area contributed by atoms with Gasteiger partial charge < -0.3 is 4.90 Å². The maximum atomic E-state index is 2.46. The van der Waals surface area contributed by atoms with Crippen molar-refractivity contribution in [2.24, 2.45) is 0 Å². The summed E-state index contributed by atoms with van der Waals surface area (Å²) >= 11 is 1.92. The highest BCUT2D eigenvalue weighted by Gasteiger charge is 2.47. The van der Waals surface area contributed by atoms with Gasteiger partial charge in [-0.3, -0.25) is 0 Å². The van der Waals surface area contributed by atoms with Crippen molar-refractivity contribution < 1.29 is 0 Å². The van der Waals surface area contributed by atoms with E-state index in [4.69, 9.17) is 0 Å². The molecule has 0 saturated carbocycles. The molecule has 10 aromatic rings. The second-order valence-corrected chi connectivity index (χ2v) is 15.8. The molecule has 11 rings (SSSR count). The minimum Gasteiger partial charge on any atom is -0.309 e. The lowest BCUT2D eigenvalue weighted by Gasteiger charge is -2.34. The highest BCUT2D eigenvalue weighted by atomic mass is 32.1. The SMILES string of the molecule is c1ccc(-c2cc(-c3ccccc3)cc(N(c3ccccc3)c3cccc4c3sc3c(C5(c6ccccc6)c6ccccc6-c6ccccc65)cccc34)c2)cc1. The molecule has 0 spiro atoms. The molecule has 0 amide bonds. The van der Waals surface area contributed by atoms with E-state index in [9.17, 15) is 0 Å². The van der Waals surface area contributed by atoms with Crippen molar-refractivity contribution in [1.82, 2.24) is 0 Å². The fourth-order valence-electron chi connectivity index (χ4n) is 9.30. The van der Waals surface area contributed by atoms with Crippen LogP contribution in [0.1, 0.15) is 22.3 Å². The standard InChI is InChI=1S/C55H37NS/c1-5-19-38(20-6-1)40-35-41(39-21-7-2-8-22-39)37-44(36-40)56(43-25-11-4-12-26-43)52-34-18-30-48-47-29-17-33-51(53(47)57-54(48)52)55(42-23-9-3-10-24-42)49-31-15-13-27-45(49)46-28-14-16-32-50(46)55/h1-37H. The van der Waals surface area contributed by atoms with Gasteiger partial charge in [0, 0.05) is 26.8 Å². The molecule has 9 aromatic carbocycles. The molecular weight excluding hydrogens is 707 g/mol. The summed E-state index contributed by atoms with van der Waals surface area (Å²) in [7, 11) is 0. The van der Waals surface area contributed by atoms with Gasteiger partial charge in [-0.2, -0.15) is 0 Å².